The molecule has 2 atom stereocenters. The maximum absolute atomic E-state index is 9.10. The minimum absolute atomic E-state index is 0.196. The summed E-state index contributed by atoms with van der Waals surface area (Å²) in [5.74, 6) is 2.24. The molecule has 0 radical (unpaired) electrons. The molecule has 2 N–H and O–H groups in total. The number of aliphatic hydroxyl groups excluding tert-OH is 1. The maximum Gasteiger partial charge on any atom is 0.0673 e. The van der Waals surface area contributed by atoms with Crippen molar-refractivity contribution in [3.8, 4) is 0 Å². The lowest BCUT2D eigenvalue weighted by Gasteiger charge is -2.25. The lowest BCUT2D eigenvalue weighted by atomic mass is 10.2. The normalized spacial score (nSPS) is 32.0. The van der Waals surface area contributed by atoms with Crippen molar-refractivity contribution in [1.29, 1.82) is 0 Å². The summed E-state index contributed by atoms with van der Waals surface area (Å²) in [7, 11) is 0. The number of thioether (sulfide) groups is 1. The highest BCUT2D eigenvalue weighted by atomic mass is 32.2. The summed E-state index contributed by atoms with van der Waals surface area (Å²) < 4.78 is 0. The Labute approximate surface area is 60.0 Å². The molecule has 3 heteroatoms. The molecule has 54 valence electrons. The van der Waals surface area contributed by atoms with E-state index in [1.165, 1.54) is 5.75 Å². The fourth-order valence-electron chi connectivity index (χ4n) is 0.896. The van der Waals surface area contributed by atoms with Gasteiger partial charge in [0.05, 0.1) is 6.10 Å². The average Bonchev–Trinajstić information content (AvgIpc) is 1.90. The van der Waals surface area contributed by atoms with E-state index in [9.17, 15) is 0 Å². The fourth-order valence-corrected chi connectivity index (χ4v) is 1.97. The Kier molecular flexibility index (Phi) is 2.82. The molecule has 0 saturated carbocycles. The third-order valence-corrected chi connectivity index (χ3v) is 2.62. The van der Waals surface area contributed by atoms with Crippen LogP contribution in [0.25, 0.3) is 0 Å². The Morgan fingerprint density at radius 3 is 2.89 bits per heavy atom. The molecule has 0 spiro atoms. The smallest absolute Gasteiger partial charge is 0.0673 e. The fraction of sp³-hybridized carbons (Fsp3) is 1.00. The summed E-state index contributed by atoms with van der Waals surface area (Å²) in [5.41, 5.74) is 0. The minimum Gasteiger partial charge on any atom is -0.392 e. The van der Waals surface area contributed by atoms with Crippen molar-refractivity contribution in [1.82, 2.24) is 5.32 Å². The van der Waals surface area contributed by atoms with Crippen LogP contribution < -0.4 is 5.32 Å². The number of nitrogens with one attached hydrogen (secondary N) is 1. The van der Waals surface area contributed by atoms with Crippen LogP contribution in [0.15, 0.2) is 0 Å². The first-order chi connectivity index (χ1) is 4.30. The average molecular weight is 147 g/mol. The van der Waals surface area contributed by atoms with E-state index in [4.69, 9.17) is 5.11 Å². The summed E-state index contributed by atoms with van der Waals surface area (Å²) >= 11 is 1.91. The van der Waals surface area contributed by atoms with Gasteiger partial charge in [-0.2, -0.15) is 11.8 Å². The molecule has 0 aromatic heterocycles. The molecule has 1 aliphatic heterocycles. The van der Waals surface area contributed by atoms with Crippen molar-refractivity contribution in [3.05, 3.63) is 0 Å². The van der Waals surface area contributed by atoms with Gasteiger partial charge in [0.25, 0.3) is 0 Å². The molecule has 1 rings (SSSR count). The summed E-state index contributed by atoms with van der Waals surface area (Å²) in [5, 5.41) is 12.3. The highest BCUT2D eigenvalue weighted by Gasteiger charge is 2.16. The second-order valence-electron chi connectivity index (χ2n) is 2.38. The van der Waals surface area contributed by atoms with Crippen LogP contribution in [0.5, 0.6) is 0 Å². The van der Waals surface area contributed by atoms with Crippen molar-refractivity contribution in [2.75, 3.05) is 18.1 Å². The second-order valence-corrected chi connectivity index (χ2v) is 3.53. The van der Waals surface area contributed by atoms with Gasteiger partial charge in [-0.3, -0.25) is 0 Å². The Morgan fingerprint density at radius 1 is 1.78 bits per heavy atom. The van der Waals surface area contributed by atoms with E-state index < -0.39 is 0 Å². The third-order valence-electron chi connectivity index (χ3n) is 1.53. The van der Waals surface area contributed by atoms with Gasteiger partial charge in [-0.1, -0.05) is 0 Å². The van der Waals surface area contributed by atoms with E-state index in [0.29, 0.717) is 6.04 Å². The Hall–Kier alpha value is 0.270. The quantitative estimate of drug-likeness (QED) is 0.550. The molecule has 2 nitrogen and oxygen atoms in total. The molecular weight excluding hydrogens is 134 g/mol. The molecule has 0 bridgehead atoms. The van der Waals surface area contributed by atoms with Gasteiger partial charge in [-0.25, -0.2) is 0 Å². The topological polar surface area (TPSA) is 32.3 Å². The SMILES string of the molecule is CC(O)C1CSCCN1. The zero-order valence-corrected chi connectivity index (χ0v) is 6.45. The van der Waals surface area contributed by atoms with Crippen LogP contribution in [0.2, 0.25) is 0 Å². The van der Waals surface area contributed by atoms with Gasteiger partial charge in [0.15, 0.2) is 0 Å². The van der Waals surface area contributed by atoms with Gasteiger partial charge in [-0.15, -0.1) is 0 Å². The summed E-state index contributed by atoms with van der Waals surface area (Å²) in [6.07, 6.45) is -0.196. The summed E-state index contributed by atoms with van der Waals surface area (Å²) in [6.45, 7) is 2.88. The Morgan fingerprint density at radius 2 is 2.56 bits per heavy atom. The van der Waals surface area contributed by atoms with Gasteiger partial charge in [-0.05, 0) is 6.92 Å². The molecule has 1 fully saturated rings. The molecule has 1 saturated heterocycles. The summed E-state index contributed by atoms with van der Waals surface area (Å²) in [6, 6.07) is 0.323. The van der Waals surface area contributed by atoms with Gasteiger partial charge in [0.2, 0.25) is 0 Å². The molecule has 0 aliphatic carbocycles. The number of rotatable bonds is 1. The second kappa shape index (κ2) is 3.44. The van der Waals surface area contributed by atoms with Gasteiger partial charge in [0, 0.05) is 24.1 Å². The van der Waals surface area contributed by atoms with Crippen LogP contribution in [-0.4, -0.2) is 35.3 Å². The van der Waals surface area contributed by atoms with Crippen molar-refractivity contribution in [3.63, 3.8) is 0 Å². The molecule has 1 heterocycles. The number of hydrogen-bond acceptors (Lipinski definition) is 3. The minimum atomic E-state index is -0.196. The van der Waals surface area contributed by atoms with Crippen molar-refractivity contribution < 1.29 is 5.11 Å². The first-order valence-corrected chi connectivity index (χ1v) is 4.45. The first kappa shape index (κ1) is 7.38. The number of aliphatic hydroxyl groups is 1. The molecule has 1 aliphatic rings. The molecule has 0 aromatic rings. The highest BCUT2D eigenvalue weighted by Crippen LogP contribution is 2.09. The molecule has 2 unspecified atom stereocenters. The predicted octanol–water partition coefficient (Wildman–Crippen LogP) is 0.0722. The highest BCUT2D eigenvalue weighted by molar-refractivity contribution is 7.99. The summed E-state index contributed by atoms with van der Waals surface area (Å²) in [4.78, 5) is 0. The zero-order valence-electron chi connectivity index (χ0n) is 5.63. The van der Waals surface area contributed by atoms with Gasteiger partial charge < -0.3 is 10.4 Å². The third kappa shape index (κ3) is 2.16. The van der Waals surface area contributed by atoms with Crippen molar-refractivity contribution in [2.24, 2.45) is 0 Å². The van der Waals surface area contributed by atoms with Crippen LogP contribution in [0.4, 0.5) is 0 Å². The van der Waals surface area contributed by atoms with Crippen molar-refractivity contribution >= 4 is 11.8 Å². The first-order valence-electron chi connectivity index (χ1n) is 3.30. The largest absolute Gasteiger partial charge is 0.392 e. The van der Waals surface area contributed by atoms with E-state index >= 15 is 0 Å². The molecule has 0 aromatic carbocycles. The van der Waals surface area contributed by atoms with Gasteiger partial charge in [0.1, 0.15) is 0 Å². The predicted molar refractivity (Wildman–Crippen MR) is 40.8 cm³/mol. The Bertz CT molecular complexity index is 81.1. The van der Waals surface area contributed by atoms with E-state index in [-0.39, 0.29) is 6.10 Å². The molecule has 0 amide bonds. The van der Waals surface area contributed by atoms with Crippen LogP contribution in [0, 0.1) is 0 Å². The molecule has 9 heavy (non-hydrogen) atoms. The van der Waals surface area contributed by atoms with E-state index in [2.05, 4.69) is 5.32 Å². The van der Waals surface area contributed by atoms with Crippen LogP contribution in [0.1, 0.15) is 6.92 Å². The van der Waals surface area contributed by atoms with E-state index in [0.717, 1.165) is 12.3 Å². The monoisotopic (exact) mass is 147 g/mol. The van der Waals surface area contributed by atoms with E-state index in [1.807, 2.05) is 18.7 Å². The number of hydrogen-bond donors (Lipinski definition) is 2. The maximum atomic E-state index is 9.10. The molecular formula is C6H13NOS. The van der Waals surface area contributed by atoms with Crippen LogP contribution >= 0.6 is 11.8 Å². The lowest BCUT2D eigenvalue weighted by Crippen LogP contribution is -2.44. The van der Waals surface area contributed by atoms with Gasteiger partial charge >= 0.3 is 0 Å². The Balaban J connectivity index is 2.23. The van der Waals surface area contributed by atoms with E-state index in [1.54, 1.807) is 0 Å². The zero-order chi connectivity index (χ0) is 6.69. The van der Waals surface area contributed by atoms with Crippen molar-refractivity contribution in [2.45, 2.75) is 19.1 Å². The lowest BCUT2D eigenvalue weighted by molar-refractivity contribution is 0.155. The van der Waals surface area contributed by atoms with Crippen LogP contribution in [0.3, 0.4) is 0 Å². The van der Waals surface area contributed by atoms with Crippen LogP contribution in [-0.2, 0) is 0 Å². The standard InChI is InChI=1S/C6H13NOS/c1-5(8)6-4-9-3-2-7-6/h5-8H,2-4H2,1H3.